The second-order valence-corrected chi connectivity index (χ2v) is 3.60. The molecule has 2 N–H and O–H groups in total. The zero-order valence-electron chi connectivity index (χ0n) is 7.54. The first-order valence-corrected chi connectivity index (χ1v) is 4.70. The molecule has 0 atom stereocenters. The lowest BCUT2D eigenvalue weighted by Gasteiger charge is -2.02. The largest absolute Gasteiger partial charge is 0.490 e. The van der Waals surface area contributed by atoms with Gasteiger partial charge in [0.15, 0.2) is 0 Å². The van der Waals surface area contributed by atoms with Crippen LogP contribution in [0.1, 0.15) is 12.8 Å². The summed E-state index contributed by atoms with van der Waals surface area (Å²) in [6.07, 6.45) is 2.67. The minimum Gasteiger partial charge on any atom is -0.490 e. The molecule has 72 valence electrons. The Bertz CT molecular complexity index is 522. The number of H-pyrrole nitrogens is 2. The molecule has 0 unspecified atom stereocenters. The Morgan fingerprint density at radius 1 is 1.21 bits per heavy atom. The summed E-state index contributed by atoms with van der Waals surface area (Å²) in [6, 6.07) is 5.58. The number of fused-ring (bicyclic) bond motifs is 1. The number of aromatic amines is 2. The maximum absolute atomic E-state index is 11.0. The van der Waals surface area contributed by atoms with Gasteiger partial charge in [0.1, 0.15) is 5.75 Å². The van der Waals surface area contributed by atoms with Crippen molar-refractivity contribution in [3.63, 3.8) is 0 Å². The number of aromatic nitrogens is 2. The summed E-state index contributed by atoms with van der Waals surface area (Å²) in [6.45, 7) is 0. The van der Waals surface area contributed by atoms with Gasteiger partial charge >= 0.3 is 5.69 Å². The van der Waals surface area contributed by atoms with Gasteiger partial charge in [-0.15, -0.1) is 0 Å². The summed E-state index contributed by atoms with van der Waals surface area (Å²) < 4.78 is 5.61. The first-order valence-electron chi connectivity index (χ1n) is 4.70. The van der Waals surface area contributed by atoms with E-state index in [4.69, 9.17) is 4.74 Å². The zero-order valence-corrected chi connectivity index (χ0v) is 7.54. The van der Waals surface area contributed by atoms with Crippen LogP contribution in [0.4, 0.5) is 0 Å². The van der Waals surface area contributed by atoms with E-state index >= 15 is 0 Å². The van der Waals surface area contributed by atoms with E-state index in [1.807, 2.05) is 18.2 Å². The van der Waals surface area contributed by atoms with Crippen LogP contribution in [0.3, 0.4) is 0 Å². The molecule has 0 radical (unpaired) electrons. The van der Waals surface area contributed by atoms with E-state index in [9.17, 15) is 4.79 Å². The lowest BCUT2D eigenvalue weighted by Crippen LogP contribution is -1.99. The van der Waals surface area contributed by atoms with Crippen molar-refractivity contribution in [1.82, 2.24) is 9.97 Å². The van der Waals surface area contributed by atoms with Crippen LogP contribution in [0.2, 0.25) is 0 Å². The van der Waals surface area contributed by atoms with Gasteiger partial charge in [0, 0.05) is 6.07 Å². The van der Waals surface area contributed by atoms with Gasteiger partial charge in [-0.05, 0) is 25.0 Å². The molecule has 4 heteroatoms. The van der Waals surface area contributed by atoms with Crippen molar-refractivity contribution in [3.05, 3.63) is 28.7 Å². The normalized spacial score (nSPS) is 16.0. The predicted octanol–water partition coefficient (Wildman–Crippen LogP) is 1.40. The van der Waals surface area contributed by atoms with Crippen LogP contribution >= 0.6 is 0 Å². The van der Waals surface area contributed by atoms with Crippen molar-refractivity contribution in [2.75, 3.05) is 0 Å². The van der Waals surface area contributed by atoms with Gasteiger partial charge in [0.25, 0.3) is 0 Å². The molecule has 1 fully saturated rings. The minimum absolute atomic E-state index is 0.177. The third-order valence-electron chi connectivity index (χ3n) is 2.31. The van der Waals surface area contributed by atoms with E-state index in [0.29, 0.717) is 6.10 Å². The molecule has 0 bridgehead atoms. The van der Waals surface area contributed by atoms with E-state index in [1.165, 1.54) is 0 Å². The fraction of sp³-hybridized carbons (Fsp3) is 0.300. The molecule has 0 amide bonds. The van der Waals surface area contributed by atoms with Gasteiger partial charge in [-0.25, -0.2) is 4.79 Å². The molecule has 0 saturated heterocycles. The van der Waals surface area contributed by atoms with E-state index in [2.05, 4.69) is 9.97 Å². The van der Waals surface area contributed by atoms with Crippen LogP contribution in [0.15, 0.2) is 23.0 Å². The number of imidazole rings is 1. The second-order valence-electron chi connectivity index (χ2n) is 3.60. The first-order chi connectivity index (χ1) is 6.81. The van der Waals surface area contributed by atoms with Gasteiger partial charge in [-0.1, -0.05) is 0 Å². The standard InChI is InChI=1S/C10H10N2O2/c13-10-11-8-4-3-7(5-9(8)12-10)14-6-1-2-6/h3-6H,1-2H2,(H2,11,12,13). The van der Waals surface area contributed by atoms with E-state index in [0.717, 1.165) is 29.6 Å². The second kappa shape index (κ2) is 2.64. The number of benzene rings is 1. The topological polar surface area (TPSA) is 57.9 Å². The van der Waals surface area contributed by atoms with Gasteiger partial charge < -0.3 is 14.7 Å². The molecule has 1 heterocycles. The first kappa shape index (κ1) is 7.67. The van der Waals surface area contributed by atoms with Gasteiger partial charge in [0.2, 0.25) is 0 Å². The molecule has 1 aliphatic carbocycles. The monoisotopic (exact) mass is 190 g/mol. The lowest BCUT2D eigenvalue weighted by molar-refractivity contribution is 0.303. The molecular formula is C10H10N2O2. The molecule has 3 rings (SSSR count). The van der Waals surface area contributed by atoms with Crippen LogP contribution in [0.5, 0.6) is 5.75 Å². The Morgan fingerprint density at radius 3 is 2.79 bits per heavy atom. The highest BCUT2D eigenvalue weighted by Crippen LogP contribution is 2.27. The molecule has 1 aromatic carbocycles. The molecule has 4 nitrogen and oxygen atoms in total. The summed E-state index contributed by atoms with van der Waals surface area (Å²) in [7, 11) is 0. The predicted molar refractivity (Wildman–Crippen MR) is 52.6 cm³/mol. The van der Waals surface area contributed by atoms with Gasteiger partial charge in [0.05, 0.1) is 17.1 Å². The molecule has 1 aliphatic rings. The van der Waals surface area contributed by atoms with Crippen molar-refractivity contribution in [3.8, 4) is 5.75 Å². The average molecular weight is 190 g/mol. The fourth-order valence-corrected chi connectivity index (χ4v) is 1.46. The Balaban J connectivity index is 2.04. The van der Waals surface area contributed by atoms with Crippen LogP contribution in [0.25, 0.3) is 11.0 Å². The van der Waals surface area contributed by atoms with E-state index in [-0.39, 0.29) is 5.69 Å². The fourth-order valence-electron chi connectivity index (χ4n) is 1.46. The Kier molecular flexibility index (Phi) is 1.45. The Labute approximate surface area is 79.9 Å². The van der Waals surface area contributed by atoms with Crippen LogP contribution in [-0.2, 0) is 0 Å². The Hall–Kier alpha value is -1.71. The van der Waals surface area contributed by atoms with E-state index in [1.54, 1.807) is 0 Å². The number of hydrogen-bond acceptors (Lipinski definition) is 2. The summed E-state index contributed by atoms with van der Waals surface area (Å²) in [4.78, 5) is 16.4. The van der Waals surface area contributed by atoms with Crippen LogP contribution < -0.4 is 10.4 Å². The maximum Gasteiger partial charge on any atom is 0.323 e. The minimum atomic E-state index is -0.177. The molecule has 0 spiro atoms. The van der Waals surface area contributed by atoms with Crippen LogP contribution in [0, 0.1) is 0 Å². The van der Waals surface area contributed by atoms with Crippen LogP contribution in [-0.4, -0.2) is 16.1 Å². The zero-order chi connectivity index (χ0) is 9.54. The summed E-state index contributed by atoms with van der Waals surface area (Å²) in [5.74, 6) is 0.829. The smallest absolute Gasteiger partial charge is 0.323 e. The lowest BCUT2D eigenvalue weighted by atomic mass is 10.3. The highest BCUT2D eigenvalue weighted by Gasteiger charge is 2.23. The third kappa shape index (κ3) is 1.28. The highest BCUT2D eigenvalue weighted by molar-refractivity contribution is 5.75. The number of hydrogen-bond donors (Lipinski definition) is 2. The van der Waals surface area contributed by atoms with Crippen molar-refractivity contribution in [2.45, 2.75) is 18.9 Å². The van der Waals surface area contributed by atoms with Gasteiger partial charge in [-0.2, -0.15) is 0 Å². The summed E-state index contributed by atoms with van der Waals surface area (Å²) in [5.41, 5.74) is 1.44. The molecule has 1 aromatic heterocycles. The third-order valence-corrected chi connectivity index (χ3v) is 2.31. The average Bonchev–Trinajstić information content (AvgIpc) is 2.86. The van der Waals surface area contributed by atoms with E-state index < -0.39 is 0 Å². The number of rotatable bonds is 2. The Morgan fingerprint density at radius 2 is 2.00 bits per heavy atom. The number of nitrogens with one attached hydrogen (secondary N) is 2. The molecular weight excluding hydrogens is 180 g/mol. The summed E-state index contributed by atoms with van der Waals surface area (Å²) in [5, 5.41) is 0. The SMILES string of the molecule is O=c1[nH]c2ccc(OC3CC3)cc2[nH]1. The highest BCUT2D eigenvalue weighted by atomic mass is 16.5. The number of ether oxygens (including phenoxy) is 1. The molecule has 2 aromatic rings. The molecule has 0 aliphatic heterocycles. The van der Waals surface area contributed by atoms with Crippen molar-refractivity contribution >= 4 is 11.0 Å². The van der Waals surface area contributed by atoms with Crippen molar-refractivity contribution in [1.29, 1.82) is 0 Å². The van der Waals surface area contributed by atoms with Crippen molar-refractivity contribution < 1.29 is 4.74 Å². The summed E-state index contributed by atoms with van der Waals surface area (Å²) >= 11 is 0. The quantitative estimate of drug-likeness (QED) is 0.752. The molecule has 1 saturated carbocycles. The van der Waals surface area contributed by atoms with Crippen molar-refractivity contribution in [2.24, 2.45) is 0 Å². The maximum atomic E-state index is 11.0. The van der Waals surface area contributed by atoms with Gasteiger partial charge in [-0.3, -0.25) is 0 Å². The molecule has 14 heavy (non-hydrogen) atoms.